The van der Waals surface area contributed by atoms with E-state index in [0.29, 0.717) is 13.6 Å². The molecule has 124 valence electrons. The number of rotatable bonds is 9. The second kappa shape index (κ2) is 26.7. The van der Waals surface area contributed by atoms with Crippen molar-refractivity contribution in [1.82, 2.24) is 5.32 Å². The van der Waals surface area contributed by atoms with E-state index < -0.39 is 0 Å². The van der Waals surface area contributed by atoms with Gasteiger partial charge >= 0.3 is 0 Å². The molecule has 1 amide bonds. The van der Waals surface area contributed by atoms with Gasteiger partial charge in [-0.05, 0) is 6.92 Å². The van der Waals surface area contributed by atoms with Crippen LogP contribution in [0.3, 0.4) is 0 Å². The average molecular weight is 299 g/mol. The third-order valence-electron chi connectivity index (χ3n) is 1.27. The predicted octanol–water partition coefficient (Wildman–Crippen LogP) is 0.564. The molecule has 0 rings (SSSR count). The zero-order valence-electron chi connectivity index (χ0n) is 13.4. The Hall–Kier alpha value is -0.770. The van der Waals surface area contributed by atoms with Crippen molar-refractivity contribution in [1.29, 1.82) is 0 Å². The summed E-state index contributed by atoms with van der Waals surface area (Å²) in [4.78, 5) is 10.2. The maximum atomic E-state index is 10.2. The van der Waals surface area contributed by atoms with Crippen LogP contribution in [0.4, 0.5) is 0 Å². The van der Waals surface area contributed by atoms with Crippen molar-refractivity contribution < 1.29 is 33.2 Å². The number of carbonyl (C=O) groups is 1. The van der Waals surface area contributed by atoms with Crippen LogP contribution in [0.15, 0.2) is 0 Å². The summed E-state index contributed by atoms with van der Waals surface area (Å²) in [5.41, 5.74) is 0. The largest absolute Gasteiger partial charge is 0.359 e. The van der Waals surface area contributed by atoms with Gasteiger partial charge in [-0.1, -0.05) is 0 Å². The summed E-state index contributed by atoms with van der Waals surface area (Å²) in [5.74, 6) is -0.105. The second-order valence-electron chi connectivity index (χ2n) is 3.08. The van der Waals surface area contributed by atoms with Gasteiger partial charge in [0.25, 0.3) is 0 Å². The van der Waals surface area contributed by atoms with Crippen LogP contribution in [0, 0.1) is 0 Å². The quantitative estimate of drug-likeness (QED) is 0.492. The van der Waals surface area contributed by atoms with Gasteiger partial charge in [0.2, 0.25) is 5.91 Å². The topological polar surface area (TPSA) is 84.5 Å². The Morgan fingerprint density at radius 3 is 1.55 bits per heavy atom. The Bertz CT molecular complexity index is 164. The van der Waals surface area contributed by atoms with Gasteiger partial charge in [0.15, 0.2) is 0 Å². The van der Waals surface area contributed by atoms with Crippen molar-refractivity contribution >= 4 is 5.91 Å². The Morgan fingerprint density at radius 1 is 0.850 bits per heavy atom. The Kier molecular flexibility index (Phi) is 32.4. The molecule has 8 nitrogen and oxygen atoms in total. The normalized spacial score (nSPS) is 8.90. The SMILES string of the molecule is CCOCOC.COCOC.COCOCNC(C)=O. The summed E-state index contributed by atoms with van der Waals surface area (Å²) in [7, 11) is 6.30. The van der Waals surface area contributed by atoms with Gasteiger partial charge in [0.1, 0.15) is 27.1 Å². The molecule has 0 saturated carbocycles. The lowest BCUT2D eigenvalue weighted by Crippen LogP contribution is -2.23. The van der Waals surface area contributed by atoms with Gasteiger partial charge in [0.05, 0.1) is 0 Å². The molecule has 0 radical (unpaired) electrons. The van der Waals surface area contributed by atoms with E-state index >= 15 is 0 Å². The molecule has 0 spiro atoms. The van der Waals surface area contributed by atoms with Gasteiger partial charge in [-0.15, -0.1) is 0 Å². The molecule has 0 aliphatic heterocycles. The smallest absolute Gasteiger partial charge is 0.218 e. The van der Waals surface area contributed by atoms with Gasteiger partial charge in [-0.3, -0.25) is 4.79 Å². The minimum atomic E-state index is -0.105. The molecule has 0 bridgehead atoms. The molecule has 1 N–H and O–H groups in total. The second-order valence-corrected chi connectivity index (χ2v) is 3.08. The fourth-order valence-corrected chi connectivity index (χ4v) is 0.562. The molecular formula is C12H29NO7. The summed E-state index contributed by atoms with van der Waals surface area (Å²) < 4.78 is 27.5. The number of carbonyl (C=O) groups excluding carboxylic acids is 1. The van der Waals surface area contributed by atoms with Gasteiger partial charge in [-0.25, -0.2) is 0 Å². The highest BCUT2D eigenvalue weighted by atomic mass is 16.7. The number of hydrogen-bond donors (Lipinski definition) is 1. The monoisotopic (exact) mass is 299 g/mol. The molecule has 0 aliphatic rings. The van der Waals surface area contributed by atoms with E-state index in [9.17, 15) is 4.79 Å². The van der Waals surface area contributed by atoms with Crippen LogP contribution in [0.25, 0.3) is 0 Å². The highest BCUT2D eigenvalue weighted by molar-refractivity contribution is 5.72. The minimum absolute atomic E-state index is 0.105. The first-order valence-corrected chi connectivity index (χ1v) is 5.96. The molecule has 0 atom stereocenters. The molecule has 0 aromatic rings. The van der Waals surface area contributed by atoms with Crippen molar-refractivity contribution in [2.24, 2.45) is 0 Å². The number of hydrogen-bond acceptors (Lipinski definition) is 7. The highest BCUT2D eigenvalue weighted by Gasteiger charge is 1.86. The number of methoxy groups -OCH3 is 4. The lowest BCUT2D eigenvalue weighted by molar-refractivity contribution is -0.122. The van der Waals surface area contributed by atoms with Crippen molar-refractivity contribution in [3.05, 3.63) is 0 Å². The number of amides is 1. The molecule has 0 fully saturated rings. The van der Waals surface area contributed by atoms with Crippen LogP contribution >= 0.6 is 0 Å². The zero-order chi connectivity index (χ0) is 16.1. The molecule has 0 aromatic heterocycles. The molecular weight excluding hydrogens is 270 g/mol. The molecule has 0 heterocycles. The third kappa shape index (κ3) is 43.4. The van der Waals surface area contributed by atoms with E-state index in [0.717, 1.165) is 6.61 Å². The van der Waals surface area contributed by atoms with Crippen molar-refractivity contribution in [3.8, 4) is 0 Å². The Balaban J connectivity index is -0.000000230. The maximum Gasteiger partial charge on any atom is 0.218 e. The summed E-state index contributed by atoms with van der Waals surface area (Å²) >= 11 is 0. The van der Waals surface area contributed by atoms with Crippen LogP contribution in [0.1, 0.15) is 13.8 Å². The molecule has 20 heavy (non-hydrogen) atoms. The average Bonchev–Trinajstić information content (AvgIpc) is 2.43. The summed E-state index contributed by atoms with van der Waals surface area (Å²) in [6, 6.07) is 0. The van der Waals surface area contributed by atoms with Gasteiger partial charge in [0, 0.05) is 42.0 Å². The summed E-state index contributed by atoms with van der Waals surface area (Å²) in [6.07, 6.45) is 0. The molecule has 8 heteroatoms. The predicted molar refractivity (Wildman–Crippen MR) is 74.0 cm³/mol. The highest BCUT2D eigenvalue weighted by Crippen LogP contribution is 1.70. The Morgan fingerprint density at radius 2 is 1.30 bits per heavy atom. The molecule has 0 aromatic carbocycles. The molecule has 0 unspecified atom stereocenters. The third-order valence-corrected chi connectivity index (χ3v) is 1.27. The first kappa shape index (κ1) is 24.3. The molecule has 0 saturated heterocycles. The number of ether oxygens (including phenoxy) is 6. The molecule has 0 aliphatic carbocycles. The zero-order valence-corrected chi connectivity index (χ0v) is 13.4. The van der Waals surface area contributed by atoms with Crippen LogP contribution in [0.5, 0.6) is 0 Å². The maximum absolute atomic E-state index is 10.2. The van der Waals surface area contributed by atoms with Crippen LogP contribution in [-0.2, 0) is 33.2 Å². The summed E-state index contributed by atoms with van der Waals surface area (Å²) in [5, 5.41) is 2.44. The number of nitrogens with one attached hydrogen (secondary N) is 1. The van der Waals surface area contributed by atoms with Crippen molar-refractivity contribution in [2.75, 3.05) is 62.2 Å². The van der Waals surface area contributed by atoms with Crippen LogP contribution < -0.4 is 5.32 Å². The van der Waals surface area contributed by atoms with E-state index in [1.54, 1.807) is 21.3 Å². The van der Waals surface area contributed by atoms with E-state index in [4.69, 9.17) is 9.47 Å². The lowest BCUT2D eigenvalue weighted by Gasteiger charge is -2.01. The fraction of sp³-hybridized carbons (Fsp3) is 0.917. The first-order valence-electron chi connectivity index (χ1n) is 5.96. The van der Waals surface area contributed by atoms with E-state index in [1.807, 2.05) is 6.92 Å². The van der Waals surface area contributed by atoms with Crippen molar-refractivity contribution in [3.63, 3.8) is 0 Å². The Labute approximate surface area is 121 Å². The van der Waals surface area contributed by atoms with E-state index in [-0.39, 0.29) is 19.4 Å². The fourth-order valence-electron chi connectivity index (χ4n) is 0.562. The van der Waals surface area contributed by atoms with Crippen LogP contribution in [-0.4, -0.2) is 68.1 Å². The lowest BCUT2D eigenvalue weighted by atomic mass is 10.7. The van der Waals surface area contributed by atoms with Gasteiger partial charge in [-0.2, -0.15) is 0 Å². The van der Waals surface area contributed by atoms with Gasteiger partial charge < -0.3 is 33.7 Å². The minimum Gasteiger partial charge on any atom is -0.359 e. The first-order chi connectivity index (χ1) is 9.60. The van der Waals surface area contributed by atoms with Crippen LogP contribution in [0.2, 0.25) is 0 Å². The van der Waals surface area contributed by atoms with E-state index in [1.165, 1.54) is 14.0 Å². The van der Waals surface area contributed by atoms with Crippen molar-refractivity contribution in [2.45, 2.75) is 13.8 Å². The standard InChI is InChI=1S/C5H11NO3.C4H10O2.C3H8O2/c1-5(7)6-3-9-4-8-2;1-3-6-4-5-2;1-4-3-5-2/h3-4H2,1-2H3,(H,6,7);3-4H2,1-2H3;3H2,1-2H3. The van der Waals surface area contributed by atoms with E-state index in [2.05, 4.69) is 24.3 Å². The summed E-state index contributed by atoms with van der Waals surface area (Å²) in [6.45, 7) is 5.31.